The van der Waals surface area contributed by atoms with Gasteiger partial charge in [-0.15, -0.1) is 0 Å². The Morgan fingerprint density at radius 3 is 2.56 bits per heavy atom. The number of rotatable bonds is 6. The molecule has 2 aromatic rings. The maximum Gasteiger partial charge on any atom is 0.225 e. The first kappa shape index (κ1) is 19.6. The molecule has 0 saturated carbocycles. The van der Waals surface area contributed by atoms with Crippen molar-refractivity contribution in [3.05, 3.63) is 46.6 Å². The minimum Gasteiger partial charge on any atom is -0.394 e. The highest BCUT2D eigenvalue weighted by atomic mass is 16.3. The number of anilines is 2. The lowest BCUT2D eigenvalue weighted by atomic mass is 9.95. The van der Waals surface area contributed by atoms with Crippen LogP contribution in [0.15, 0.2) is 24.3 Å². The van der Waals surface area contributed by atoms with Crippen molar-refractivity contribution < 1.29 is 10.2 Å². The Hall–Kier alpha value is -2.18. The molecule has 1 aromatic carbocycles. The summed E-state index contributed by atoms with van der Waals surface area (Å²) >= 11 is 0. The van der Waals surface area contributed by atoms with Gasteiger partial charge in [-0.1, -0.05) is 32.0 Å². The molecule has 27 heavy (non-hydrogen) atoms. The summed E-state index contributed by atoms with van der Waals surface area (Å²) in [5.41, 5.74) is 4.53. The van der Waals surface area contributed by atoms with E-state index in [1.807, 2.05) is 13.0 Å². The van der Waals surface area contributed by atoms with Crippen LogP contribution in [0.3, 0.4) is 0 Å². The van der Waals surface area contributed by atoms with Crippen molar-refractivity contribution in [3.8, 4) is 0 Å². The van der Waals surface area contributed by atoms with Crippen molar-refractivity contribution in [2.24, 2.45) is 0 Å². The van der Waals surface area contributed by atoms with Crippen LogP contribution in [0.4, 0.5) is 11.8 Å². The van der Waals surface area contributed by atoms with E-state index >= 15 is 0 Å². The zero-order chi connectivity index (χ0) is 19.6. The normalized spacial score (nSPS) is 16.2. The Kier molecular flexibility index (Phi) is 5.97. The van der Waals surface area contributed by atoms with Crippen LogP contribution in [-0.2, 0) is 13.0 Å². The second kappa shape index (κ2) is 8.23. The molecule has 6 heteroatoms. The number of nitrogens with zero attached hydrogens (tertiary/aromatic N) is 3. The minimum absolute atomic E-state index is 0.0350. The summed E-state index contributed by atoms with van der Waals surface area (Å²) in [6.07, 6.45) is 0.484. The fraction of sp³-hybridized carbons (Fsp3) is 0.524. The molecule has 0 saturated heterocycles. The van der Waals surface area contributed by atoms with Crippen LogP contribution in [0.25, 0.3) is 0 Å². The zero-order valence-electron chi connectivity index (χ0n) is 16.6. The molecular formula is C21H30N4O2. The molecular weight excluding hydrogens is 340 g/mol. The lowest BCUT2D eigenvalue weighted by Gasteiger charge is -2.31. The van der Waals surface area contributed by atoms with E-state index in [1.165, 1.54) is 11.1 Å². The van der Waals surface area contributed by atoms with Crippen LogP contribution in [0.5, 0.6) is 0 Å². The van der Waals surface area contributed by atoms with Gasteiger partial charge >= 0.3 is 0 Å². The summed E-state index contributed by atoms with van der Waals surface area (Å²) in [7, 11) is 0. The van der Waals surface area contributed by atoms with Gasteiger partial charge in [0.2, 0.25) is 5.95 Å². The molecule has 1 aliphatic heterocycles. The van der Waals surface area contributed by atoms with Crippen LogP contribution < -0.4 is 10.2 Å². The highest BCUT2D eigenvalue weighted by molar-refractivity contribution is 5.49. The third-order valence-electron chi connectivity index (χ3n) is 5.02. The number of hydrogen-bond acceptors (Lipinski definition) is 6. The molecule has 0 bridgehead atoms. The van der Waals surface area contributed by atoms with Gasteiger partial charge in [0.15, 0.2) is 0 Å². The molecule has 3 N–H and O–H groups in total. The van der Waals surface area contributed by atoms with Gasteiger partial charge < -0.3 is 20.4 Å². The molecule has 2 atom stereocenters. The molecule has 1 aromatic heterocycles. The average Bonchev–Trinajstić information content (AvgIpc) is 2.66. The molecule has 3 rings (SSSR count). The second-order valence-corrected chi connectivity index (χ2v) is 7.73. The van der Waals surface area contributed by atoms with Crippen molar-refractivity contribution in [3.63, 3.8) is 0 Å². The minimum atomic E-state index is -0.439. The van der Waals surface area contributed by atoms with E-state index in [1.54, 1.807) is 6.92 Å². The number of aliphatic hydroxyl groups excluding tert-OH is 2. The SMILES string of the molecule is CC(C)c1cc(N2CCc3cc([C@H](C)O)ccc3C2)nc(N[C@@H](C)CO)n1. The first-order valence-corrected chi connectivity index (χ1v) is 9.68. The van der Waals surface area contributed by atoms with E-state index in [4.69, 9.17) is 4.98 Å². The van der Waals surface area contributed by atoms with Crippen LogP contribution in [0.2, 0.25) is 0 Å². The molecule has 0 radical (unpaired) electrons. The van der Waals surface area contributed by atoms with Gasteiger partial charge in [-0.2, -0.15) is 4.98 Å². The van der Waals surface area contributed by atoms with E-state index in [2.05, 4.69) is 47.2 Å². The van der Waals surface area contributed by atoms with Gasteiger partial charge in [0.1, 0.15) is 5.82 Å². The van der Waals surface area contributed by atoms with Crippen molar-refractivity contribution >= 4 is 11.8 Å². The van der Waals surface area contributed by atoms with E-state index in [-0.39, 0.29) is 12.6 Å². The second-order valence-electron chi connectivity index (χ2n) is 7.73. The molecule has 0 aliphatic carbocycles. The first-order valence-electron chi connectivity index (χ1n) is 9.68. The fourth-order valence-corrected chi connectivity index (χ4v) is 3.27. The van der Waals surface area contributed by atoms with Gasteiger partial charge in [0.05, 0.1) is 18.4 Å². The van der Waals surface area contributed by atoms with Crippen LogP contribution >= 0.6 is 0 Å². The third kappa shape index (κ3) is 4.57. The summed E-state index contributed by atoms with van der Waals surface area (Å²) in [6.45, 7) is 9.64. The lowest BCUT2D eigenvalue weighted by molar-refractivity contribution is 0.199. The van der Waals surface area contributed by atoms with Gasteiger partial charge in [-0.05, 0) is 42.9 Å². The highest BCUT2D eigenvalue weighted by Crippen LogP contribution is 2.28. The summed E-state index contributed by atoms with van der Waals surface area (Å²) < 4.78 is 0. The van der Waals surface area contributed by atoms with E-state index in [9.17, 15) is 10.2 Å². The maximum atomic E-state index is 9.81. The number of hydrogen-bond donors (Lipinski definition) is 3. The molecule has 0 unspecified atom stereocenters. The van der Waals surface area contributed by atoms with Crippen molar-refractivity contribution in [1.29, 1.82) is 0 Å². The van der Waals surface area contributed by atoms with E-state index in [0.717, 1.165) is 36.6 Å². The van der Waals surface area contributed by atoms with Gasteiger partial charge in [-0.25, -0.2) is 4.98 Å². The summed E-state index contributed by atoms with van der Waals surface area (Å²) in [4.78, 5) is 11.6. The third-order valence-corrected chi connectivity index (χ3v) is 5.02. The summed E-state index contributed by atoms with van der Waals surface area (Å²) in [5, 5.41) is 22.3. The lowest BCUT2D eigenvalue weighted by Crippen LogP contribution is -2.32. The Balaban J connectivity index is 1.87. The maximum absolute atomic E-state index is 9.81. The smallest absolute Gasteiger partial charge is 0.225 e. The predicted molar refractivity (Wildman–Crippen MR) is 108 cm³/mol. The topological polar surface area (TPSA) is 81.5 Å². The quantitative estimate of drug-likeness (QED) is 0.725. The van der Waals surface area contributed by atoms with E-state index in [0.29, 0.717) is 11.9 Å². The standard InChI is InChI=1S/C21H30N4O2/c1-13(2)19-10-20(24-21(23-19)22-14(3)12-26)25-8-7-17-9-16(15(4)27)5-6-18(17)11-25/h5-6,9-10,13-15,26-27H,7-8,11-12H2,1-4H3,(H,22,23,24)/t14-,15-/m0/s1. The van der Waals surface area contributed by atoms with Crippen LogP contribution in [0.1, 0.15) is 62.1 Å². The fourth-order valence-electron chi connectivity index (χ4n) is 3.27. The number of aliphatic hydroxyl groups is 2. The summed E-state index contributed by atoms with van der Waals surface area (Å²) in [5.74, 6) is 1.77. The first-order chi connectivity index (χ1) is 12.9. The molecule has 2 heterocycles. The van der Waals surface area contributed by atoms with Crippen molar-refractivity contribution in [1.82, 2.24) is 9.97 Å². The summed E-state index contributed by atoms with van der Waals surface area (Å²) in [6, 6.07) is 8.20. The number of nitrogens with one attached hydrogen (secondary N) is 1. The zero-order valence-corrected chi connectivity index (χ0v) is 16.6. The Labute approximate surface area is 161 Å². The molecule has 0 spiro atoms. The highest BCUT2D eigenvalue weighted by Gasteiger charge is 2.20. The van der Waals surface area contributed by atoms with E-state index < -0.39 is 6.10 Å². The number of fused-ring (bicyclic) bond motifs is 1. The largest absolute Gasteiger partial charge is 0.394 e. The molecule has 6 nitrogen and oxygen atoms in total. The predicted octanol–water partition coefficient (Wildman–Crippen LogP) is 3.01. The molecule has 0 fully saturated rings. The Morgan fingerprint density at radius 2 is 1.89 bits per heavy atom. The number of aromatic nitrogens is 2. The van der Waals surface area contributed by atoms with Gasteiger partial charge in [-0.3, -0.25) is 0 Å². The molecule has 146 valence electrons. The van der Waals surface area contributed by atoms with Gasteiger partial charge in [0, 0.05) is 25.2 Å². The number of benzene rings is 1. The van der Waals surface area contributed by atoms with Crippen molar-refractivity contribution in [2.75, 3.05) is 23.4 Å². The Morgan fingerprint density at radius 1 is 1.11 bits per heavy atom. The Bertz CT molecular complexity index is 792. The van der Waals surface area contributed by atoms with Crippen LogP contribution in [-0.4, -0.2) is 39.4 Å². The molecule has 0 amide bonds. The van der Waals surface area contributed by atoms with Crippen molar-refractivity contribution in [2.45, 2.75) is 58.7 Å². The van der Waals surface area contributed by atoms with Gasteiger partial charge in [0.25, 0.3) is 0 Å². The monoisotopic (exact) mass is 370 g/mol. The molecule has 1 aliphatic rings. The average molecular weight is 370 g/mol. The van der Waals surface area contributed by atoms with Crippen LogP contribution in [0, 0.1) is 0 Å².